The van der Waals surface area contributed by atoms with Crippen LogP contribution in [0.15, 0.2) is 24.3 Å². The second-order valence-electron chi connectivity index (χ2n) is 15.7. The van der Waals surface area contributed by atoms with Crippen molar-refractivity contribution in [2.24, 2.45) is 0 Å². The molecule has 1 amide bonds. The Morgan fingerprint density at radius 3 is 1.57 bits per heavy atom. The molecule has 8 nitrogen and oxygen atoms in total. The van der Waals surface area contributed by atoms with Crippen LogP contribution in [-0.2, 0) is 18.4 Å². The van der Waals surface area contributed by atoms with Gasteiger partial charge in [-0.3, -0.25) is 13.8 Å². The number of phosphoric ester groups is 1. The molecule has 0 fully saturated rings. The number of rotatable bonds is 38. The molecule has 3 N–H and O–H groups in total. The van der Waals surface area contributed by atoms with E-state index in [1.54, 1.807) is 6.08 Å². The summed E-state index contributed by atoms with van der Waals surface area (Å²) >= 11 is 0. The lowest BCUT2D eigenvalue weighted by molar-refractivity contribution is -0.870. The number of unbranched alkanes of at least 4 members (excludes halogenated alkanes) is 23. The molecule has 0 heterocycles. The van der Waals surface area contributed by atoms with Gasteiger partial charge in [0.05, 0.1) is 39.9 Å². The van der Waals surface area contributed by atoms with E-state index in [1.807, 2.05) is 27.2 Å². The van der Waals surface area contributed by atoms with Gasteiger partial charge in [0.2, 0.25) is 5.91 Å². The number of hydrogen-bond donors (Lipinski definition) is 3. The number of carbonyl (C=O) groups excluding carboxylic acids is 1. The van der Waals surface area contributed by atoms with E-state index in [-0.39, 0.29) is 19.1 Å². The number of carbonyl (C=O) groups is 1. The summed E-state index contributed by atoms with van der Waals surface area (Å²) in [7, 11) is 1.56. The Balaban J connectivity index is 4.50. The average Bonchev–Trinajstić information content (AvgIpc) is 3.07. The van der Waals surface area contributed by atoms with Crippen LogP contribution in [-0.4, -0.2) is 73.4 Å². The summed E-state index contributed by atoms with van der Waals surface area (Å²) in [6.07, 6.45) is 39.6. The molecule has 1 unspecified atom stereocenters. The molecule has 0 rings (SSSR count). The van der Waals surface area contributed by atoms with Crippen LogP contribution in [0.25, 0.3) is 0 Å². The van der Waals surface area contributed by atoms with Gasteiger partial charge in [-0.05, 0) is 32.1 Å². The molecule has 0 radical (unpaired) electrons. The molecule has 0 aromatic carbocycles. The zero-order valence-electron chi connectivity index (χ0n) is 34.1. The highest BCUT2D eigenvalue weighted by atomic mass is 31.2. The SMILES string of the molecule is CCCCCCCCCCCCC/C=C/CC/C=C/[C@@H](O)[C@H](COP(=O)(O)OCC[N+](C)(C)C)NC(=O)CCCCCCCCCCCCCC. The lowest BCUT2D eigenvalue weighted by Crippen LogP contribution is -2.45. The normalized spacial score (nSPS) is 14.7. The van der Waals surface area contributed by atoms with Gasteiger partial charge in [0.15, 0.2) is 0 Å². The molecule has 0 aliphatic heterocycles. The summed E-state index contributed by atoms with van der Waals surface area (Å²) < 4.78 is 23.5. The van der Waals surface area contributed by atoms with Crippen LogP contribution in [0.2, 0.25) is 0 Å². The minimum Gasteiger partial charge on any atom is -0.387 e. The van der Waals surface area contributed by atoms with Crippen LogP contribution in [0.4, 0.5) is 0 Å². The number of hydrogen-bond acceptors (Lipinski definition) is 5. The molecule has 0 spiro atoms. The number of amides is 1. The van der Waals surface area contributed by atoms with Gasteiger partial charge in [-0.15, -0.1) is 0 Å². The van der Waals surface area contributed by atoms with Gasteiger partial charge < -0.3 is 19.8 Å². The second kappa shape index (κ2) is 34.7. The zero-order valence-corrected chi connectivity index (χ0v) is 35.0. The minimum absolute atomic E-state index is 0.0580. The van der Waals surface area contributed by atoms with Crippen LogP contribution >= 0.6 is 7.82 Å². The fraction of sp³-hybridized carbons (Fsp3) is 0.881. The Kier molecular flexibility index (Phi) is 34.0. The second-order valence-corrected chi connectivity index (χ2v) is 17.2. The molecule has 0 aromatic heterocycles. The van der Waals surface area contributed by atoms with Gasteiger partial charge in [0.25, 0.3) is 0 Å². The number of aliphatic hydroxyl groups is 1. The van der Waals surface area contributed by atoms with E-state index in [2.05, 4.69) is 31.3 Å². The molecular weight excluding hydrogens is 659 g/mol. The predicted molar refractivity (Wildman–Crippen MR) is 217 cm³/mol. The van der Waals surface area contributed by atoms with Crippen molar-refractivity contribution in [2.45, 2.75) is 199 Å². The molecule has 302 valence electrons. The predicted octanol–water partition coefficient (Wildman–Crippen LogP) is 11.4. The van der Waals surface area contributed by atoms with E-state index in [9.17, 15) is 19.4 Å². The van der Waals surface area contributed by atoms with Crippen molar-refractivity contribution in [2.75, 3.05) is 40.9 Å². The van der Waals surface area contributed by atoms with E-state index >= 15 is 0 Å². The molecule has 0 saturated carbocycles. The minimum atomic E-state index is -4.34. The third-order valence-corrected chi connectivity index (χ3v) is 10.4. The molecule has 0 aliphatic rings. The van der Waals surface area contributed by atoms with E-state index in [1.165, 1.54) is 128 Å². The third-order valence-electron chi connectivity index (χ3n) is 9.42. The summed E-state index contributed by atoms with van der Waals surface area (Å²) in [6.45, 7) is 4.78. The summed E-state index contributed by atoms with van der Waals surface area (Å²) in [6, 6.07) is -0.856. The van der Waals surface area contributed by atoms with Crippen LogP contribution in [0, 0.1) is 0 Å². The Hall–Kier alpha value is -1.02. The maximum Gasteiger partial charge on any atom is 0.472 e. The third kappa shape index (κ3) is 37.1. The van der Waals surface area contributed by atoms with Crippen molar-refractivity contribution in [3.63, 3.8) is 0 Å². The number of phosphoric acid groups is 1. The van der Waals surface area contributed by atoms with Gasteiger partial charge in [-0.2, -0.15) is 0 Å². The first kappa shape index (κ1) is 50.0. The molecule has 3 atom stereocenters. The molecule has 0 aromatic rings. The Bertz CT molecular complexity index is 891. The van der Waals surface area contributed by atoms with Crippen LogP contribution in [0.3, 0.4) is 0 Å². The molecular formula is C42H84N2O6P+. The van der Waals surface area contributed by atoms with Crippen molar-refractivity contribution in [3.8, 4) is 0 Å². The summed E-state index contributed by atoms with van der Waals surface area (Å²) in [5, 5.41) is 13.8. The molecule has 51 heavy (non-hydrogen) atoms. The van der Waals surface area contributed by atoms with Crippen molar-refractivity contribution in [3.05, 3.63) is 24.3 Å². The number of quaternary nitrogens is 1. The largest absolute Gasteiger partial charge is 0.472 e. The summed E-state index contributed by atoms with van der Waals surface area (Å²) in [4.78, 5) is 23.0. The highest BCUT2D eigenvalue weighted by Crippen LogP contribution is 2.43. The Labute approximate surface area is 315 Å². The van der Waals surface area contributed by atoms with Gasteiger partial charge in [-0.1, -0.05) is 173 Å². The summed E-state index contributed by atoms with van der Waals surface area (Å²) in [5.74, 6) is -0.188. The number of likely N-dealkylation sites (N-methyl/N-ethyl adjacent to an activating group) is 1. The maximum atomic E-state index is 12.8. The van der Waals surface area contributed by atoms with Crippen molar-refractivity contribution >= 4 is 13.7 Å². The first-order valence-corrected chi connectivity index (χ1v) is 22.7. The lowest BCUT2D eigenvalue weighted by atomic mass is 10.0. The van der Waals surface area contributed by atoms with Crippen LogP contribution < -0.4 is 5.32 Å². The molecule has 0 saturated heterocycles. The maximum absolute atomic E-state index is 12.8. The first-order valence-electron chi connectivity index (χ1n) is 21.2. The fourth-order valence-electron chi connectivity index (χ4n) is 6.00. The average molecular weight is 744 g/mol. The van der Waals surface area contributed by atoms with Crippen LogP contribution in [0.5, 0.6) is 0 Å². The highest BCUT2D eigenvalue weighted by Gasteiger charge is 2.27. The smallest absolute Gasteiger partial charge is 0.387 e. The van der Waals surface area contributed by atoms with Crippen molar-refractivity contribution in [1.82, 2.24) is 5.32 Å². The van der Waals surface area contributed by atoms with Gasteiger partial charge in [0, 0.05) is 6.42 Å². The Morgan fingerprint density at radius 2 is 1.08 bits per heavy atom. The standard InChI is InChI=1S/C42H83N2O6P/c1-6-8-10-12-14-16-18-20-21-22-23-24-25-27-29-31-33-35-41(45)40(39-50-51(47,48)49-38-37-44(3,4)5)43-42(46)36-34-32-30-28-26-19-17-15-13-11-9-7-2/h25,27,33,35,40-41,45H,6-24,26,28-32,34,36-39H2,1-5H3,(H-,43,46,47,48)/p+1/b27-25+,35-33+/t40-,41+/m0/s1. The van der Waals surface area contributed by atoms with Crippen LogP contribution in [0.1, 0.15) is 187 Å². The van der Waals surface area contributed by atoms with E-state index < -0.39 is 20.0 Å². The fourth-order valence-corrected chi connectivity index (χ4v) is 6.73. The molecule has 0 bridgehead atoms. The van der Waals surface area contributed by atoms with Crippen molar-refractivity contribution in [1.29, 1.82) is 0 Å². The Morgan fingerprint density at radius 1 is 0.647 bits per heavy atom. The van der Waals surface area contributed by atoms with Gasteiger partial charge in [0.1, 0.15) is 13.2 Å². The number of nitrogens with zero attached hydrogens (tertiary/aromatic N) is 1. The number of allylic oxidation sites excluding steroid dienone is 3. The van der Waals surface area contributed by atoms with Gasteiger partial charge in [-0.25, -0.2) is 4.57 Å². The van der Waals surface area contributed by atoms with E-state index in [0.717, 1.165) is 38.5 Å². The first-order chi connectivity index (χ1) is 24.5. The highest BCUT2D eigenvalue weighted by molar-refractivity contribution is 7.47. The summed E-state index contributed by atoms with van der Waals surface area (Å²) in [5.41, 5.74) is 0. The molecule has 0 aliphatic carbocycles. The van der Waals surface area contributed by atoms with E-state index in [4.69, 9.17) is 9.05 Å². The number of aliphatic hydroxyl groups excluding tert-OH is 1. The van der Waals surface area contributed by atoms with Gasteiger partial charge >= 0.3 is 7.82 Å². The monoisotopic (exact) mass is 744 g/mol. The number of nitrogens with one attached hydrogen (secondary N) is 1. The van der Waals surface area contributed by atoms with E-state index in [0.29, 0.717) is 17.4 Å². The van der Waals surface area contributed by atoms with Crippen molar-refractivity contribution < 1.29 is 32.9 Å². The zero-order chi connectivity index (χ0) is 37.9. The topological polar surface area (TPSA) is 105 Å². The molecule has 9 heteroatoms. The quantitative estimate of drug-likeness (QED) is 0.0252. The lowest BCUT2D eigenvalue weighted by Gasteiger charge is -2.25.